The van der Waals surface area contributed by atoms with E-state index in [1.807, 2.05) is 16.8 Å². The molecule has 0 aliphatic carbocycles. The summed E-state index contributed by atoms with van der Waals surface area (Å²) in [6.45, 7) is 4.12. The van der Waals surface area contributed by atoms with Gasteiger partial charge in [0.05, 0.1) is 6.42 Å². The van der Waals surface area contributed by atoms with Crippen molar-refractivity contribution in [3.63, 3.8) is 0 Å². The average molecular weight is 260 g/mol. The molecule has 0 fully saturated rings. The van der Waals surface area contributed by atoms with E-state index in [9.17, 15) is 4.79 Å². The van der Waals surface area contributed by atoms with Crippen molar-refractivity contribution in [3.05, 3.63) is 33.5 Å². The van der Waals surface area contributed by atoms with Crippen LogP contribution in [0.3, 0.4) is 0 Å². The molecule has 13 heavy (non-hydrogen) atoms. The lowest BCUT2D eigenvalue weighted by Gasteiger charge is -2.01. The highest BCUT2D eigenvalue weighted by atomic mass is 79.9. The van der Waals surface area contributed by atoms with E-state index in [-0.39, 0.29) is 5.91 Å². The maximum absolute atomic E-state index is 11.2. The smallest absolute Gasteiger partial charge is 0.224 e. The van der Waals surface area contributed by atoms with Crippen LogP contribution >= 0.6 is 27.3 Å². The Morgan fingerprint density at radius 1 is 1.69 bits per heavy atom. The van der Waals surface area contributed by atoms with E-state index < -0.39 is 0 Å². The molecule has 2 nitrogen and oxygen atoms in total. The lowest BCUT2D eigenvalue weighted by molar-refractivity contribution is -0.120. The molecule has 0 aliphatic rings. The largest absolute Gasteiger partial charge is 0.351 e. The van der Waals surface area contributed by atoms with Crippen LogP contribution in [0.15, 0.2) is 27.9 Å². The number of nitrogens with one attached hydrogen (secondary N) is 1. The Morgan fingerprint density at radius 2 is 2.46 bits per heavy atom. The highest BCUT2D eigenvalue weighted by Crippen LogP contribution is 2.06. The van der Waals surface area contributed by atoms with Gasteiger partial charge in [0.1, 0.15) is 0 Å². The third-order valence-corrected chi connectivity index (χ3v) is 2.43. The summed E-state index contributed by atoms with van der Waals surface area (Å²) < 4.78 is 0.783. The van der Waals surface area contributed by atoms with Crippen molar-refractivity contribution in [2.75, 3.05) is 6.54 Å². The van der Waals surface area contributed by atoms with E-state index in [1.54, 1.807) is 11.3 Å². The Labute approximate surface area is 89.8 Å². The first-order valence-electron chi connectivity index (χ1n) is 3.79. The summed E-state index contributed by atoms with van der Waals surface area (Å²) in [5.74, 6) is 0.0269. The zero-order valence-electron chi connectivity index (χ0n) is 7.05. The van der Waals surface area contributed by atoms with Crippen LogP contribution < -0.4 is 5.32 Å². The molecule has 0 aromatic carbocycles. The molecule has 1 aromatic heterocycles. The van der Waals surface area contributed by atoms with Gasteiger partial charge in [-0.3, -0.25) is 4.79 Å². The molecule has 0 saturated heterocycles. The summed E-state index contributed by atoms with van der Waals surface area (Å²) in [6, 6.07) is 1.95. The van der Waals surface area contributed by atoms with Crippen molar-refractivity contribution >= 4 is 33.2 Å². The summed E-state index contributed by atoms with van der Waals surface area (Å²) >= 11 is 4.77. The molecule has 70 valence electrons. The third-order valence-electron chi connectivity index (χ3n) is 1.42. The zero-order chi connectivity index (χ0) is 9.68. The number of hydrogen-bond donors (Lipinski definition) is 1. The van der Waals surface area contributed by atoms with Gasteiger partial charge in [-0.25, -0.2) is 0 Å². The van der Waals surface area contributed by atoms with Gasteiger partial charge in [0.15, 0.2) is 0 Å². The molecule has 1 rings (SSSR count). The maximum Gasteiger partial charge on any atom is 0.224 e. The molecule has 1 aromatic rings. The topological polar surface area (TPSA) is 29.1 Å². The predicted molar refractivity (Wildman–Crippen MR) is 59.1 cm³/mol. The fourth-order valence-electron chi connectivity index (χ4n) is 0.836. The fraction of sp³-hybridized carbons (Fsp3) is 0.222. The van der Waals surface area contributed by atoms with Crippen LogP contribution in [0, 0.1) is 0 Å². The Hall–Kier alpha value is -0.610. The lowest BCUT2D eigenvalue weighted by Crippen LogP contribution is -2.25. The van der Waals surface area contributed by atoms with Gasteiger partial charge in [-0.1, -0.05) is 22.5 Å². The Morgan fingerprint density at radius 3 is 3.00 bits per heavy atom. The van der Waals surface area contributed by atoms with Crippen molar-refractivity contribution in [1.82, 2.24) is 5.32 Å². The van der Waals surface area contributed by atoms with Gasteiger partial charge in [0.25, 0.3) is 0 Å². The average Bonchev–Trinajstić information content (AvgIpc) is 2.53. The van der Waals surface area contributed by atoms with Crippen LogP contribution in [0.4, 0.5) is 0 Å². The lowest BCUT2D eigenvalue weighted by atomic mass is 10.2. The van der Waals surface area contributed by atoms with Crippen LogP contribution in [0.2, 0.25) is 0 Å². The molecule has 0 radical (unpaired) electrons. The van der Waals surface area contributed by atoms with Crippen molar-refractivity contribution in [2.24, 2.45) is 0 Å². The van der Waals surface area contributed by atoms with Crippen LogP contribution in [0.1, 0.15) is 5.56 Å². The van der Waals surface area contributed by atoms with E-state index >= 15 is 0 Å². The van der Waals surface area contributed by atoms with Gasteiger partial charge in [-0.15, -0.1) is 0 Å². The summed E-state index contributed by atoms with van der Waals surface area (Å²) in [6.07, 6.45) is 0.448. The summed E-state index contributed by atoms with van der Waals surface area (Å²) in [4.78, 5) is 11.2. The highest BCUT2D eigenvalue weighted by Gasteiger charge is 2.02. The van der Waals surface area contributed by atoms with E-state index in [1.165, 1.54) is 0 Å². The fourth-order valence-corrected chi connectivity index (χ4v) is 1.64. The number of amides is 1. The monoisotopic (exact) mass is 259 g/mol. The Balaban J connectivity index is 2.30. The SMILES string of the molecule is C=C(Br)CNC(=O)Cc1ccsc1. The predicted octanol–water partition coefficient (Wildman–Crippen LogP) is 2.32. The molecule has 1 amide bonds. The molecule has 0 spiro atoms. The quantitative estimate of drug-likeness (QED) is 0.884. The first-order chi connectivity index (χ1) is 6.18. The third kappa shape index (κ3) is 4.24. The van der Waals surface area contributed by atoms with Crippen molar-refractivity contribution in [3.8, 4) is 0 Å². The van der Waals surface area contributed by atoms with Crippen LogP contribution in [0.25, 0.3) is 0 Å². The molecule has 1 heterocycles. The maximum atomic E-state index is 11.2. The second-order valence-electron chi connectivity index (χ2n) is 2.60. The minimum absolute atomic E-state index is 0.0269. The van der Waals surface area contributed by atoms with Crippen molar-refractivity contribution in [1.29, 1.82) is 0 Å². The molecule has 0 unspecified atom stereocenters. The molecular weight excluding hydrogens is 250 g/mol. The molecule has 0 saturated carbocycles. The van der Waals surface area contributed by atoms with Gasteiger partial charge < -0.3 is 5.32 Å². The number of hydrogen-bond acceptors (Lipinski definition) is 2. The molecule has 1 N–H and O–H groups in total. The van der Waals surface area contributed by atoms with Gasteiger partial charge in [-0.05, 0) is 22.4 Å². The standard InChI is InChI=1S/C9H10BrNOS/c1-7(10)5-11-9(12)4-8-2-3-13-6-8/h2-3,6H,1,4-5H2,(H,11,12). The van der Waals surface area contributed by atoms with Gasteiger partial charge in [0, 0.05) is 11.0 Å². The minimum Gasteiger partial charge on any atom is -0.351 e. The Kier molecular flexibility index (Phi) is 4.18. The van der Waals surface area contributed by atoms with E-state index in [0.29, 0.717) is 13.0 Å². The van der Waals surface area contributed by atoms with E-state index in [4.69, 9.17) is 0 Å². The normalized spacial score (nSPS) is 9.62. The summed E-state index contributed by atoms with van der Waals surface area (Å²) in [7, 11) is 0. The number of carbonyl (C=O) groups is 1. The number of carbonyl (C=O) groups excluding carboxylic acids is 1. The summed E-state index contributed by atoms with van der Waals surface area (Å²) in [5, 5.41) is 6.68. The number of halogens is 1. The second-order valence-corrected chi connectivity index (χ2v) is 4.50. The van der Waals surface area contributed by atoms with E-state index in [2.05, 4.69) is 27.8 Å². The first kappa shape index (κ1) is 10.5. The van der Waals surface area contributed by atoms with Crippen LogP contribution in [-0.2, 0) is 11.2 Å². The van der Waals surface area contributed by atoms with Gasteiger partial charge >= 0.3 is 0 Å². The Bertz CT molecular complexity index is 295. The first-order valence-corrected chi connectivity index (χ1v) is 5.53. The summed E-state index contributed by atoms with van der Waals surface area (Å²) in [5.41, 5.74) is 1.06. The molecule has 0 atom stereocenters. The molecule has 0 aliphatic heterocycles. The minimum atomic E-state index is 0.0269. The second kappa shape index (κ2) is 5.19. The van der Waals surface area contributed by atoms with Crippen molar-refractivity contribution < 1.29 is 4.79 Å². The van der Waals surface area contributed by atoms with Crippen molar-refractivity contribution in [2.45, 2.75) is 6.42 Å². The highest BCUT2D eigenvalue weighted by molar-refractivity contribution is 9.11. The van der Waals surface area contributed by atoms with Crippen LogP contribution in [0.5, 0.6) is 0 Å². The van der Waals surface area contributed by atoms with E-state index in [0.717, 1.165) is 10.0 Å². The number of rotatable bonds is 4. The zero-order valence-corrected chi connectivity index (χ0v) is 9.45. The molecule has 4 heteroatoms. The number of thiophene rings is 1. The molecular formula is C9H10BrNOS. The molecule has 0 bridgehead atoms. The van der Waals surface area contributed by atoms with Gasteiger partial charge in [-0.2, -0.15) is 11.3 Å². The van der Waals surface area contributed by atoms with Gasteiger partial charge in [0.2, 0.25) is 5.91 Å². The van der Waals surface area contributed by atoms with Crippen LogP contribution in [-0.4, -0.2) is 12.5 Å².